The molecule has 1 saturated carbocycles. The Labute approximate surface area is 155 Å². The van der Waals surface area contributed by atoms with Gasteiger partial charge in [0.05, 0.1) is 0 Å². The summed E-state index contributed by atoms with van der Waals surface area (Å²) >= 11 is 0. The highest BCUT2D eigenvalue weighted by atomic mass is 127. The van der Waals surface area contributed by atoms with E-state index < -0.39 is 0 Å². The molecule has 0 heterocycles. The van der Waals surface area contributed by atoms with Gasteiger partial charge in [-0.15, -0.1) is 24.0 Å². The second-order valence-corrected chi connectivity index (χ2v) is 5.71. The van der Waals surface area contributed by atoms with E-state index in [1.165, 1.54) is 12.0 Å². The van der Waals surface area contributed by atoms with E-state index in [4.69, 9.17) is 5.73 Å². The molecule has 0 spiro atoms. The van der Waals surface area contributed by atoms with Crippen LogP contribution in [0.25, 0.3) is 0 Å². The number of benzene rings is 1. The number of amides is 1. The van der Waals surface area contributed by atoms with Crippen LogP contribution in [-0.4, -0.2) is 25.0 Å². The molecule has 0 saturated heterocycles. The Bertz CT molecular complexity index is 512. The fourth-order valence-corrected chi connectivity index (χ4v) is 2.32. The molecule has 1 aromatic rings. The van der Waals surface area contributed by atoms with Crippen LogP contribution in [0.1, 0.15) is 38.2 Å². The molecular weight excluding hydrogens is 403 g/mol. The highest BCUT2D eigenvalue weighted by molar-refractivity contribution is 14.0. The first-order valence-electron chi connectivity index (χ1n) is 8.12. The minimum Gasteiger partial charge on any atom is -0.370 e. The SMILES string of the molecule is CCc1ccc(NC(N)=NCCCNC(=O)C2CCC2)cc1.I. The number of aliphatic imine (C=N–C) groups is 1. The molecule has 0 aromatic heterocycles. The lowest BCUT2D eigenvalue weighted by Crippen LogP contribution is -2.35. The molecule has 1 aliphatic carbocycles. The van der Waals surface area contributed by atoms with Crippen molar-refractivity contribution in [1.29, 1.82) is 0 Å². The molecular formula is C17H27IN4O. The van der Waals surface area contributed by atoms with Crippen molar-refractivity contribution in [3.63, 3.8) is 0 Å². The average molecular weight is 430 g/mol. The van der Waals surface area contributed by atoms with E-state index in [0.717, 1.165) is 31.4 Å². The zero-order chi connectivity index (χ0) is 15.8. The monoisotopic (exact) mass is 430 g/mol. The van der Waals surface area contributed by atoms with Gasteiger partial charge in [0.25, 0.3) is 0 Å². The third kappa shape index (κ3) is 6.76. The highest BCUT2D eigenvalue weighted by Crippen LogP contribution is 2.25. The van der Waals surface area contributed by atoms with Crippen LogP contribution in [0.5, 0.6) is 0 Å². The van der Waals surface area contributed by atoms with Crippen LogP contribution in [0.2, 0.25) is 0 Å². The average Bonchev–Trinajstić information content (AvgIpc) is 2.46. The molecule has 1 aliphatic rings. The minimum absolute atomic E-state index is 0. The molecule has 0 radical (unpaired) electrons. The second kappa shape index (κ2) is 10.5. The van der Waals surface area contributed by atoms with E-state index >= 15 is 0 Å². The highest BCUT2D eigenvalue weighted by Gasteiger charge is 2.24. The zero-order valence-electron chi connectivity index (χ0n) is 13.7. The van der Waals surface area contributed by atoms with Crippen molar-refractivity contribution in [1.82, 2.24) is 5.32 Å². The quantitative estimate of drug-likeness (QED) is 0.269. The van der Waals surface area contributed by atoms with E-state index in [-0.39, 0.29) is 35.8 Å². The Kier molecular flexibility index (Phi) is 8.98. The molecule has 128 valence electrons. The topological polar surface area (TPSA) is 79.5 Å². The lowest BCUT2D eigenvalue weighted by molar-refractivity contribution is -0.127. The van der Waals surface area contributed by atoms with Crippen LogP contribution in [0, 0.1) is 5.92 Å². The largest absolute Gasteiger partial charge is 0.370 e. The minimum atomic E-state index is 0. The smallest absolute Gasteiger partial charge is 0.223 e. The van der Waals surface area contributed by atoms with Gasteiger partial charge >= 0.3 is 0 Å². The number of nitrogens with two attached hydrogens (primary N) is 1. The van der Waals surface area contributed by atoms with Gasteiger partial charge in [0.2, 0.25) is 5.91 Å². The molecule has 23 heavy (non-hydrogen) atoms. The summed E-state index contributed by atoms with van der Waals surface area (Å²) in [6.45, 7) is 3.40. The van der Waals surface area contributed by atoms with Gasteiger partial charge in [-0.3, -0.25) is 9.79 Å². The molecule has 4 N–H and O–H groups in total. The molecule has 2 rings (SSSR count). The molecule has 1 amide bonds. The first kappa shape index (κ1) is 19.7. The lowest BCUT2D eigenvalue weighted by Gasteiger charge is -2.23. The number of hydrogen-bond acceptors (Lipinski definition) is 2. The molecule has 5 nitrogen and oxygen atoms in total. The number of anilines is 1. The summed E-state index contributed by atoms with van der Waals surface area (Å²) in [7, 11) is 0. The van der Waals surface area contributed by atoms with Crippen molar-refractivity contribution < 1.29 is 4.79 Å². The lowest BCUT2D eigenvalue weighted by atomic mass is 9.85. The fourth-order valence-electron chi connectivity index (χ4n) is 2.32. The van der Waals surface area contributed by atoms with E-state index in [2.05, 4.69) is 34.7 Å². The summed E-state index contributed by atoms with van der Waals surface area (Å²) in [5.41, 5.74) is 8.08. The van der Waals surface area contributed by atoms with Crippen molar-refractivity contribution in [3.05, 3.63) is 29.8 Å². The van der Waals surface area contributed by atoms with Crippen LogP contribution < -0.4 is 16.4 Å². The normalized spacial score (nSPS) is 14.6. The number of aryl methyl sites for hydroxylation is 1. The third-order valence-electron chi connectivity index (χ3n) is 4.03. The van der Waals surface area contributed by atoms with Crippen LogP contribution in [0.15, 0.2) is 29.3 Å². The Morgan fingerprint density at radius 3 is 2.57 bits per heavy atom. The standard InChI is InChI=1S/C17H26N4O.HI/c1-2-13-7-9-15(10-8-13)21-17(18)20-12-4-11-19-16(22)14-5-3-6-14;/h7-10,14H,2-6,11-12H2,1H3,(H,19,22)(H3,18,20,21);1H. The van der Waals surface area contributed by atoms with Crippen LogP contribution in [0.4, 0.5) is 5.69 Å². The molecule has 1 aromatic carbocycles. The predicted octanol–water partition coefficient (Wildman–Crippen LogP) is 2.90. The zero-order valence-corrected chi connectivity index (χ0v) is 16.0. The van der Waals surface area contributed by atoms with Crippen molar-refractivity contribution in [3.8, 4) is 0 Å². The number of carbonyl (C=O) groups is 1. The van der Waals surface area contributed by atoms with Gasteiger partial charge in [-0.05, 0) is 43.4 Å². The van der Waals surface area contributed by atoms with Gasteiger partial charge < -0.3 is 16.4 Å². The van der Waals surface area contributed by atoms with Crippen LogP contribution in [0.3, 0.4) is 0 Å². The van der Waals surface area contributed by atoms with Crippen molar-refractivity contribution in [2.24, 2.45) is 16.6 Å². The summed E-state index contributed by atoms with van der Waals surface area (Å²) in [6.07, 6.45) is 5.09. The van der Waals surface area contributed by atoms with Gasteiger partial charge in [0.15, 0.2) is 5.96 Å². The number of hydrogen-bond donors (Lipinski definition) is 3. The first-order chi connectivity index (χ1) is 10.7. The molecule has 0 bridgehead atoms. The molecule has 1 fully saturated rings. The number of rotatable bonds is 7. The summed E-state index contributed by atoms with van der Waals surface area (Å²) in [5.74, 6) is 0.855. The van der Waals surface area contributed by atoms with Crippen molar-refractivity contribution in [2.45, 2.75) is 39.0 Å². The number of halogens is 1. The summed E-state index contributed by atoms with van der Waals surface area (Å²) < 4.78 is 0. The fraction of sp³-hybridized carbons (Fsp3) is 0.529. The number of carbonyl (C=O) groups excluding carboxylic acids is 1. The van der Waals surface area contributed by atoms with Crippen molar-refractivity contribution in [2.75, 3.05) is 18.4 Å². The van der Waals surface area contributed by atoms with E-state index in [1.807, 2.05) is 12.1 Å². The molecule has 0 atom stereocenters. The predicted molar refractivity (Wildman–Crippen MR) is 106 cm³/mol. The Hall–Kier alpha value is -1.31. The van der Waals surface area contributed by atoms with Gasteiger partial charge in [0.1, 0.15) is 0 Å². The molecule has 6 heteroatoms. The Balaban J connectivity index is 0.00000264. The van der Waals surface area contributed by atoms with Gasteiger partial charge in [-0.25, -0.2) is 0 Å². The Morgan fingerprint density at radius 1 is 1.30 bits per heavy atom. The second-order valence-electron chi connectivity index (χ2n) is 5.71. The van der Waals surface area contributed by atoms with Gasteiger partial charge in [-0.2, -0.15) is 0 Å². The summed E-state index contributed by atoms with van der Waals surface area (Å²) in [4.78, 5) is 15.9. The first-order valence-corrected chi connectivity index (χ1v) is 8.12. The summed E-state index contributed by atoms with van der Waals surface area (Å²) in [5, 5.41) is 6.02. The number of nitrogens with zero attached hydrogens (tertiary/aromatic N) is 1. The van der Waals surface area contributed by atoms with E-state index in [0.29, 0.717) is 19.0 Å². The van der Waals surface area contributed by atoms with Crippen LogP contribution in [-0.2, 0) is 11.2 Å². The van der Waals surface area contributed by atoms with Crippen LogP contribution >= 0.6 is 24.0 Å². The summed E-state index contributed by atoms with van der Waals surface area (Å²) in [6, 6.07) is 8.15. The maximum Gasteiger partial charge on any atom is 0.223 e. The maximum absolute atomic E-state index is 11.6. The Morgan fingerprint density at radius 2 is 2.00 bits per heavy atom. The van der Waals surface area contributed by atoms with E-state index in [1.54, 1.807) is 0 Å². The molecule has 0 unspecified atom stereocenters. The number of nitrogens with one attached hydrogen (secondary N) is 2. The maximum atomic E-state index is 11.6. The van der Waals surface area contributed by atoms with Gasteiger partial charge in [-0.1, -0.05) is 25.5 Å². The van der Waals surface area contributed by atoms with Gasteiger partial charge in [0, 0.05) is 24.7 Å². The number of guanidine groups is 1. The van der Waals surface area contributed by atoms with Crippen molar-refractivity contribution >= 4 is 41.5 Å². The van der Waals surface area contributed by atoms with E-state index in [9.17, 15) is 4.79 Å². The molecule has 0 aliphatic heterocycles. The third-order valence-corrected chi connectivity index (χ3v) is 4.03.